The van der Waals surface area contributed by atoms with Crippen molar-refractivity contribution in [2.45, 2.75) is 83.4 Å². The SMILES string of the molecule is CCCC(C)(SC)C1CC(=O)N(CCCCCCNC(C)C)C1=O. The molecule has 5 heteroatoms. The first kappa shape index (κ1) is 21.5. The molecule has 1 rings (SSSR count). The number of thioether (sulfide) groups is 1. The number of rotatable bonds is 12. The Morgan fingerprint density at radius 1 is 1.25 bits per heavy atom. The van der Waals surface area contributed by atoms with Crippen molar-refractivity contribution in [3.63, 3.8) is 0 Å². The van der Waals surface area contributed by atoms with Crippen LogP contribution in [-0.4, -0.2) is 46.8 Å². The number of carbonyl (C=O) groups is 2. The molecule has 1 aliphatic rings. The highest BCUT2D eigenvalue weighted by molar-refractivity contribution is 8.00. The van der Waals surface area contributed by atoms with Gasteiger partial charge in [-0.15, -0.1) is 0 Å². The van der Waals surface area contributed by atoms with E-state index in [4.69, 9.17) is 0 Å². The van der Waals surface area contributed by atoms with E-state index in [9.17, 15) is 9.59 Å². The molecule has 0 spiro atoms. The molecular formula is C19H36N2O2S. The van der Waals surface area contributed by atoms with Crippen LogP contribution in [0.25, 0.3) is 0 Å². The van der Waals surface area contributed by atoms with Crippen LogP contribution in [0.4, 0.5) is 0 Å². The molecule has 2 unspecified atom stereocenters. The maximum atomic E-state index is 12.7. The first-order valence-electron chi connectivity index (χ1n) is 9.48. The van der Waals surface area contributed by atoms with Crippen molar-refractivity contribution in [1.82, 2.24) is 10.2 Å². The number of nitrogens with zero attached hydrogens (tertiary/aromatic N) is 1. The average Bonchev–Trinajstić information content (AvgIpc) is 2.82. The van der Waals surface area contributed by atoms with Gasteiger partial charge in [0.1, 0.15) is 0 Å². The van der Waals surface area contributed by atoms with Gasteiger partial charge in [-0.1, -0.05) is 40.0 Å². The highest BCUT2D eigenvalue weighted by atomic mass is 32.2. The fourth-order valence-electron chi connectivity index (χ4n) is 3.45. The van der Waals surface area contributed by atoms with E-state index in [1.165, 1.54) is 4.90 Å². The van der Waals surface area contributed by atoms with Crippen molar-refractivity contribution in [3.8, 4) is 0 Å². The average molecular weight is 357 g/mol. The summed E-state index contributed by atoms with van der Waals surface area (Å²) in [6.45, 7) is 10.2. The molecule has 2 atom stereocenters. The van der Waals surface area contributed by atoms with Crippen molar-refractivity contribution in [2.24, 2.45) is 5.92 Å². The Morgan fingerprint density at radius 3 is 2.50 bits per heavy atom. The summed E-state index contributed by atoms with van der Waals surface area (Å²) in [7, 11) is 0. The lowest BCUT2D eigenvalue weighted by Gasteiger charge is -2.32. The third-order valence-electron chi connectivity index (χ3n) is 5.05. The minimum Gasteiger partial charge on any atom is -0.315 e. The van der Waals surface area contributed by atoms with E-state index in [2.05, 4.69) is 39.3 Å². The van der Waals surface area contributed by atoms with Crippen LogP contribution in [0.5, 0.6) is 0 Å². The van der Waals surface area contributed by atoms with Crippen LogP contribution in [0.3, 0.4) is 0 Å². The van der Waals surface area contributed by atoms with E-state index < -0.39 is 0 Å². The first-order chi connectivity index (χ1) is 11.4. The third-order valence-corrected chi connectivity index (χ3v) is 6.48. The molecule has 0 radical (unpaired) electrons. The molecule has 0 aromatic heterocycles. The van der Waals surface area contributed by atoms with Crippen molar-refractivity contribution >= 4 is 23.6 Å². The zero-order valence-corrected chi connectivity index (χ0v) is 17.0. The lowest BCUT2D eigenvalue weighted by molar-refractivity contribution is -0.139. The molecule has 1 N–H and O–H groups in total. The monoisotopic (exact) mass is 356 g/mol. The molecule has 1 aliphatic heterocycles. The molecule has 0 aromatic carbocycles. The van der Waals surface area contributed by atoms with Gasteiger partial charge in [0.2, 0.25) is 11.8 Å². The Labute approximate surface area is 152 Å². The predicted molar refractivity (Wildman–Crippen MR) is 103 cm³/mol. The number of likely N-dealkylation sites (tertiary alicyclic amines) is 1. The van der Waals surface area contributed by atoms with Gasteiger partial charge in [-0.25, -0.2) is 0 Å². The number of unbranched alkanes of at least 4 members (excludes halogenated alkanes) is 3. The zero-order chi connectivity index (χ0) is 18.2. The Balaban J connectivity index is 2.39. The summed E-state index contributed by atoms with van der Waals surface area (Å²) in [5.41, 5.74) is 0. The highest BCUT2D eigenvalue weighted by Gasteiger charge is 2.47. The van der Waals surface area contributed by atoms with Crippen molar-refractivity contribution < 1.29 is 9.59 Å². The molecule has 1 fully saturated rings. The van der Waals surface area contributed by atoms with Gasteiger partial charge in [0, 0.05) is 23.8 Å². The van der Waals surface area contributed by atoms with Gasteiger partial charge in [-0.2, -0.15) is 11.8 Å². The van der Waals surface area contributed by atoms with Gasteiger partial charge in [-0.05, 0) is 39.0 Å². The van der Waals surface area contributed by atoms with Crippen LogP contribution >= 0.6 is 11.8 Å². The van der Waals surface area contributed by atoms with Gasteiger partial charge in [0.05, 0.1) is 5.92 Å². The van der Waals surface area contributed by atoms with Crippen LogP contribution in [0.1, 0.15) is 72.6 Å². The van der Waals surface area contributed by atoms with Crippen LogP contribution < -0.4 is 5.32 Å². The summed E-state index contributed by atoms with van der Waals surface area (Å²) in [6.07, 6.45) is 8.79. The molecule has 1 heterocycles. The van der Waals surface area contributed by atoms with E-state index in [0.29, 0.717) is 19.0 Å². The first-order valence-corrected chi connectivity index (χ1v) is 10.7. The second-order valence-corrected chi connectivity index (χ2v) is 8.77. The standard InChI is InChI=1S/C19H36N2O2S/c1-6-11-19(4,24-5)16-14-17(22)21(18(16)23)13-10-8-7-9-12-20-15(2)3/h15-16,20H,6-14H2,1-5H3. The molecule has 140 valence electrons. The number of hydrogen-bond donors (Lipinski definition) is 1. The summed E-state index contributed by atoms with van der Waals surface area (Å²) >= 11 is 1.73. The molecular weight excluding hydrogens is 320 g/mol. The summed E-state index contributed by atoms with van der Waals surface area (Å²) in [5.74, 6) is -0.0511. The van der Waals surface area contributed by atoms with Crippen molar-refractivity contribution in [2.75, 3.05) is 19.3 Å². The summed E-state index contributed by atoms with van der Waals surface area (Å²) in [6, 6.07) is 0.538. The summed E-state index contributed by atoms with van der Waals surface area (Å²) < 4.78 is -0.112. The number of nitrogens with one attached hydrogen (secondary N) is 1. The molecule has 24 heavy (non-hydrogen) atoms. The third kappa shape index (κ3) is 6.07. The van der Waals surface area contributed by atoms with Gasteiger partial charge in [0.15, 0.2) is 0 Å². The second kappa shape index (κ2) is 10.4. The van der Waals surface area contributed by atoms with Gasteiger partial charge < -0.3 is 5.32 Å². The van der Waals surface area contributed by atoms with E-state index in [-0.39, 0.29) is 22.5 Å². The Bertz CT molecular complexity index is 414. The molecule has 0 aliphatic carbocycles. The number of carbonyl (C=O) groups excluding carboxylic acids is 2. The second-order valence-electron chi connectivity index (χ2n) is 7.43. The largest absolute Gasteiger partial charge is 0.315 e. The molecule has 4 nitrogen and oxygen atoms in total. The maximum Gasteiger partial charge on any atom is 0.234 e. The van der Waals surface area contributed by atoms with Crippen LogP contribution in [0.15, 0.2) is 0 Å². The van der Waals surface area contributed by atoms with Crippen LogP contribution in [0, 0.1) is 5.92 Å². The van der Waals surface area contributed by atoms with Gasteiger partial charge in [0.25, 0.3) is 0 Å². The fraction of sp³-hybridized carbons (Fsp3) is 0.895. The molecule has 1 saturated heterocycles. The maximum absolute atomic E-state index is 12.7. The van der Waals surface area contributed by atoms with E-state index in [1.54, 1.807) is 11.8 Å². The quantitative estimate of drug-likeness (QED) is 0.426. The van der Waals surface area contributed by atoms with Crippen LogP contribution in [0.2, 0.25) is 0 Å². The normalized spacial score (nSPS) is 20.9. The topological polar surface area (TPSA) is 49.4 Å². The minimum absolute atomic E-state index is 0.0304. The van der Waals surface area contributed by atoms with Gasteiger partial charge in [-0.3, -0.25) is 14.5 Å². The lowest BCUT2D eigenvalue weighted by Crippen LogP contribution is -2.38. The number of hydrogen-bond acceptors (Lipinski definition) is 4. The Kier molecular flexibility index (Phi) is 9.35. The lowest BCUT2D eigenvalue weighted by atomic mass is 9.88. The summed E-state index contributed by atoms with van der Waals surface area (Å²) in [5, 5.41) is 3.41. The van der Waals surface area contributed by atoms with Crippen molar-refractivity contribution in [1.29, 1.82) is 0 Å². The number of amides is 2. The van der Waals surface area contributed by atoms with E-state index >= 15 is 0 Å². The van der Waals surface area contributed by atoms with Crippen molar-refractivity contribution in [3.05, 3.63) is 0 Å². The number of imide groups is 1. The van der Waals surface area contributed by atoms with Gasteiger partial charge >= 0.3 is 0 Å². The zero-order valence-electron chi connectivity index (χ0n) is 16.2. The smallest absolute Gasteiger partial charge is 0.234 e. The summed E-state index contributed by atoms with van der Waals surface area (Å²) in [4.78, 5) is 26.5. The Hall–Kier alpha value is -0.550. The minimum atomic E-state index is -0.143. The Morgan fingerprint density at radius 2 is 1.92 bits per heavy atom. The molecule has 0 bridgehead atoms. The fourth-order valence-corrected chi connectivity index (χ4v) is 4.33. The molecule has 2 amide bonds. The van der Waals surface area contributed by atoms with Crippen LogP contribution in [-0.2, 0) is 9.59 Å². The molecule has 0 aromatic rings. The highest BCUT2D eigenvalue weighted by Crippen LogP contribution is 2.41. The molecule has 0 saturated carbocycles. The van der Waals surface area contributed by atoms with E-state index in [0.717, 1.165) is 45.1 Å². The van der Waals surface area contributed by atoms with E-state index in [1.807, 2.05) is 0 Å². The predicted octanol–water partition coefficient (Wildman–Crippen LogP) is 3.84.